The van der Waals surface area contributed by atoms with Crippen molar-refractivity contribution in [2.75, 3.05) is 6.54 Å². The van der Waals surface area contributed by atoms with Crippen molar-refractivity contribution in [3.63, 3.8) is 0 Å². The second-order valence-corrected chi connectivity index (χ2v) is 6.27. The molecule has 1 unspecified atom stereocenters. The summed E-state index contributed by atoms with van der Waals surface area (Å²) in [5.74, 6) is -0.579. The Bertz CT molecular complexity index is 670. The van der Waals surface area contributed by atoms with E-state index in [1.165, 1.54) is 11.3 Å². The van der Waals surface area contributed by atoms with E-state index in [4.69, 9.17) is 11.6 Å². The largest absolute Gasteiger partial charge is 0.346 e. The lowest BCUT2D eigenvalue weighted by Crippen LogP contribution is -2.38. The molecule has 2 N–H and O–H groups in total. The van der Waals surface area contributed by atoms with Crippen LogP contribution in [0.4, 0.5) is 0 Å². The van der Waals surface area contributed by atoms with E-state index < -0.39 is 0 Å². The first kappa shape index (κ1) is 16.5. The zero-order valence-electron chi connectivity index (χ0n) is 12.2. The monoisotopic (exact) mass is 337 g/mol. The summed E-state index contributed by atoms with van der Waals surface area (Å²) in [6, 6.07) is 6.28. The fourth-order valence-corrected chi connectivity index (χ4v) is 2.64. The quantitative estimate of drug-likeness (QED) is 0.881. The predicted octanol–water partition coefficient (Wildman–Crippen LogP) is 2.71. The van der Waals surface area contributed by atoms with Crippen molar-refractivity contribution in [3.8, 4) is 0 Å². The third kappa shape index (κ3) is 4.54. The van der Waals surface area contributed by atoms with Crippen molar-refractivity contribution < 1.29 is 9.59 Å². The van der Waals surface area contributed by atoms with E-state index >= 15 is 0 Å². The molecule has 2 rings (SSSR count). The van der Waals surface area contributed by atoms with Gasteiger partial charge in [-0.15, -0.1) is 11.3 Å². The van der Waals surface area contributed by atoms with Crippen LogP contribution < -0.4 is 10.6 Å². The van der Waals surface area contributed by atoms with E-state index in [-0.39, 0.29) is 24.4 Å². The molecule has 0 saturated heterocycles. The number of hydrogen-bond donors (Lipinski definition) is 2. The lowest BCUT2D eigenvalue weighted by molar-refractivity contribution is -0.120. The SMILES string of the molecule is Cc1nc(C(C)NC(=O)CNC(=O)c2ccc(Cl)cc2)cs1. The maximum atomic E-state index is 11.9. The van der Waals surface area contributed by atoms with Gasteiger partial charge in [0.1, 0.15) is 0 Å². The second kappa shape index (κ2) is 7.38. The minimum Gasteiger partial charge on any atom is -0.346 e. The molecule has 0 saturated carbocycles. The highest BCUT2D eigenvalue weighted by Gasteiger charge is 2.13. The minimum atomic E-state index is -0.316. The summed E-state index contributed by atoms with van der Waals surface area (Å²) in [5, 5.41) is 8.78. The maximum Gasteiger partial charge on any atom is 0.251 e. The molecule has 5 nitrogen and oxygen atoms in total. The van der Waals surface area contributed by atoms with Crippen LogP contribution in [0, 0.1) is 6.92 Å². The highest BCUT2D eigenvalue weighted by molar-refractivity contribution is 7.09. The molecule has 1 heterocycles. The molecule has 1 atom stereocenters. The van der Waals surface area contributed by atoms with Gasteiger partial charge in [0, 0.05) is 16.0 Å². The number of benzene rings is 1. The molecule has 0 bridgehead atoms. The number of hydrogen-bond acceptors (Lipinski definition) is 4. The molecular formula is C15H16ClN3O2S. The van der Waals surface area contributed by atoms with Gasteiger partial charge in [-0.1, -0.05) is 11.6 Å². The summed E-state index contributed by atoms with van der Waals surface area (Å²) >= 11 is 7.29. The topological polar surface area (TPSA) is 71.1 Å². The van der Waals surface area contributed by atoms with E-state index in [9.17, 15) is 9.59 Å². The van der Waals surface area contributed by atoms with Gasteiger partial charge < -0.3 is 10.6 Å². The molecule has 0 aliphatic carbocycles. The molecule has 116 valence electrons. The van der Waals surface area contributed by atoms with E-state index in [0.29, 0.717) is 10.6 Å². The number of halogens is 1. The van der Waals surface area contributed by atoms with Crippen LogP contribution in [0.15, 0.2) is 29.6 Å². The maximum absolute atomic E-state index is 11.9. The Labute approximate surface area is 137 Å². The van der Waals surface area contributed by atoms with Crippen LogP contribution in [0.2, 0.25) is 5.02 Å². The summed E-state index contributed by atoms with van der Waals surface area (Å²) in [6.07, 6.45) is 0. The Kier molecular flexibility index (Phi) is 5.51. The van der Waals surface area contributed by atoms with E-state index in [0.717, 1.165) is 10.7 Å². The number of aryl methyl sites for hydroxylation is 1. The molecule has 2 aromatic rings. The highest BCUT2D eigenvalue weighted by atomic mass is 35.5. The number of carbonyl (C=O) groups is 2. The Balaban J connectivity index is 1.82. The molecule has 0 radical (unpaired) electrons. The molecule has 1 aromatic heterocycles. The van der Waals surface area contributed by atoms with Crippen molar-refractivity contribution in [2.24, 2.45) is 0 Å². The molecule has 22 heavy (non-hydrogen) atoms. The van der Waals surface area contributed by atoms with E-state index in [2.05, 4.69) is 15.6 Å². The van der Waals surface area contributed by atoms with Crippen molar-refractivity contribution in [1.82, 2.24) is 15.6 Å². The molecule has 0 spiro atoms. The average molecular weight is 338 g/mol. The zero-order chi connectivity index (χ0) is 16.1. The van der Waals surface area contributed by atoms with E-state index in [1.54, 1.807) is 24.3 Å². The van der Waals surface area contributed by atoms with Crippen LogP contribution in [0.5, 0.6) is 0 Å². The van der Waals surface area contributed by atoms with Gasteiger partial charge in [0.05, 0.1) is 23.3 Å². The van der Waals surface area contributed by atoms with Crippen molar-refractivity contribution in [1.29, 1.82) is 0 Å². The Morgan fingerprint density at radius 3 is 2.59 bits per heavy atom. The van der Waals surface area contributed by atoms with Crippen molar-refractivity contribution in [2.45, 2.75) is 19.9 Å². The molecule has 0 aliphatic heterocycles. The number of rotatable bonds is 5. The number of nitrogens with one attached hydrogen (secondary N) is 2. The van der Waals surface area contributed by atoms with Gasteiger partial charge in [-0.25, -0.2) is 4.98 Å². The lowest BCUT2D eigenvalue weighted by atomic mass is 10.2. The molecule has 7 heteroatoms. The van der Waals surface area contributed by atoms with Crippen molar-refractivity contribution >= 4 is 34.8 Å². The molecule has 1 aromatic carbocycles. The normalized spacial score (nSPS) is 11.8. The highest BCUT2D eigenvalue weighted by Crippen LogP contribution is 2.15. The molecule has 0 fully saturated rings. The number of amides is 2. The molecular weight excluding hydrogens is 322 g/mol. The Morgan fingerprint density at radius 1 is 1.32 bits per heavy atom. The Hall–Kier alpha value is -1.92. The first-order valence-corrected chi connectivity index (χ1v) is 7.96. The molecule has 0 aliphatic rings. The van der Waals surface area contributed by atoms with Crippen LogP contribution in [0.3, 0.4) is 0 Å². The fourth-order valence-electron chi connectivity index (χ4n) is 1.81. The first-order valence-electron chi connectivity index (χ1n) is 6.71. The summed E-state index contributed by atoms with van der Waals surface area (Å²) in [6.45, 7) is 3.68. The third-order valence-electron chi connectivity index (χ3n) is 2.97. The predicted molar refractivity (Wildman–Crippen MR) is 87.2 cm³/mol. The van der Waals surface area contributed by atoms with Gasteiger partial charge >= 0.3 is 0 Å². The van der Waals surface area contributed by atoms with Crippen LogP contribution in [0.25, 0.3) is 0 Å². The van der Waals surface area contributed by atoms with Gasteiger partial charge in [0.25, 0.3) is 5.91 Å². The van der Waals surface area contributed by atoms with Gasteiger partial charge in [-0.3, -0.25) is 9.59 Å². The number of nitrogens with zero attached hydrogens (tertiary/aromatic N) is 1. The van der Waals surface area contributed by atoms with Gasteiger partial charge in [0.15, 0.2) is 0 Å². The van der Waals surface area contributed by atoms with Gasteiger partial charge in [-0.2, -0.15) is 0 Å². The first-order chi connectivity index (χ1) is 10.5. The number of thiazole rings is 1. The summed E-state index contributed by atoms with van der Waals surface area (Å²) in [5.41, 5.74) is 1.28. The summed E-state index contributed by atoms with van der Waals surface area (Å²) in [7, 11) is 0. The van der Waals surface area contributed by atoms with Crippen LogP contribution in [-0.4, -0.2) is 23.3 Å². The fraction of sp³-hybridized carbons (Fsp3) is 0.267. The van der Waals surface area contributed by atoms with Crippen molar-refractivity contribution in [3.05, 3.63) is 50.9 Å². The van der Waals surface area contributed by atoms with Crippen LogP contribution >= 0.6 is 22.9 Å². The Morgan fingerprint density at radius 2 is 2.00 bits per heavy atom. The number of carbonyl (C=O) groups excluding carboxylic acids is 2. The number of aromatic nitrogens is 1. The molecule has 2 amide bonds. The summed E-state index contributed by atoms with van der Waals surface area (Å²) < 4.78 is 0. The minimum absolute atomic E-state index is 0.0884. The van der Waals surface area contributed by atoms with Crippen LogP contribution in [-0.2, 0) is 4.79 Å². The third-order valence-corrected chi connectivity index (χ3v) is 4.02. The average Bonchev–Trinajstić information content (AvgIpc) is 2.92. The zero-order valence-corrected chi connectivity index (χ0v) is 13.8. The van der Waals surface area contributed by atoms with Gasteiger partial charge in [0.2, 0.25) is 5.91 Å². The summed E-state index contributed by atoms with van der Waals surface area (Å²) in [4.78, 5) is 28.0. The van der Waals surface area contributed by atoms with Gasteiger partial charge in [-0.05, 0) is 38.1 Å². The van der Waals surface area contributed by atoms with Crippen LogP contribution in [0.1, 0.15) is 34.0 Å². The smallest absolute Gasteiger partial charge is 0.251 e. The van der Waals surface area contributed by atoms with E-state index in [1.807, 2.05) is 19.2 Å². The standard InChI is InChI=1S/C15H16ClN3O2S/c1-9(13-8-22-10(2)19-13)18-14(20)7-17-15(21)11-3-5-12(16)6-4-11/h3-6,8-9H,7H2,1-2H3,(H,17,21)(H,18,20). The lowest BCUT2D eigenvalue weighted by Gasteiger charge is -2.12. The second-order valence-electron chi connectivity index (χ2n) is 4.77.